The maximum Gasteiger partial charge on any atom is 0.0689 e. The third-order valence-electron chi connectivity index (χ3n) is 1.34. The summed E-state index contributed by atoms with van der Waals surface area (Å²) in [7, 11) is 0. The lowest BCUT2D eigenvalue weighted by Gasteiger charge is -2.16. The Labute approximate surface area is 55.9 Å². The molecule has 2 atom stereocenters. The van der Waals surface area contributed by atoms with Crippen LogP contribution in [0.2, 0.25) is 0 Å². The van der Waals surface area contributed by atoms with Gasteiger partial charge in [0.05, 0.1) is 6.10 Å². The molecule has 4 nitrogen and oxygen atoms in total. The number of β-amino-alcohol motifs (C(OH)–C–C–N with tert-alkyl or cyclic N) is 1. The van der Waals surface area contributed by atoms with Gasteiger partial charge in [0, 0.05) is 24.4 Å². The lowest BCUT2D eigenvalue weighted by Crippen LogP contribution is -2.23. The first-order valence-electron chi connectivity index (χ1n) is 2.72. The number of nitrogens with zero attached hydrogens (tertiary/aromatic N) is 1. The topological polar surface area (TPSA) is 63.6 Å². The third kappa shape index (κ3) is 1.72. The van der Waals surface area contributed by atoms with Gasteiger partial charge >= 0.3 is 0 Å². The number of hydrogen-bond acceptors (Lipinski definition) is 3. The van der Waals surface area contributed by atoms with E-state index in [0.717, 1.165) is 0 Å². The summed E-state index contributed by atoms with van der Waals surface area (Å²) in [5, 5.41) is 8.83. The Hall–Kier alpha value is 0.0300. The third-order valence-corrected chi connectivity index (χ3v) is 2.09. The molecule has 0 spiro atoms. The Morgan fingerprint density at radius 3 is 2.67 bits per heavy atom. The fraction of sp³-hybridized carbons (Fsp3) is 1.00. The highest BCUT2D eigenvalue weighted by molar-refractivity contribution is 7.76. The molecule has 5 heteroatoms. The maximum atomic E-state index is 10.2. The van der Waals surface area contributed by atoms with Gasteiger partial charge in [0.25, 0.3) is 0 Å². The van der Waals surface area contributed by atoms with E-state index < -0.39 is 17.4 Å². The van der Waals surface area contributed by atoms with Crippen LogP contribution in [0.4, 0.5) is 0 Å². The second-order valence-corrected chi connectivity index (χ2v) is 3.00. The molecule has 1 heterocycles. The van der Waals surface area contributed by atoms with E-state index in [2.05, 4.69) is 0 Å². The van der Waals surface area contributed by atoms with E-state index in [1.54, 1.807) is 0 Å². The average molecular weight is 150 g/mol. The summed E-state index contributed by atoms with van der Waals surface area (Å²) >= 11 is -2.14. The van der Waals surface area contributed by atoms with Crippen LogP contribution in [0.25, 0.3) is 0 Å². The van der Waals surface area contributed by atoms with Crippen LogP contribution in [-0.4, -0.2) is 37.4 Å². The van der Waals surface area contributed by atoms with Gasteiger partial charge in [-0.2, -0.15) is 0 Å². The molecule has 0 aromatic rings. The molecule has 1 aliphatic heterocycles. The van der Waals surface area contributed by atoms with Gasteiger partial charge in [-0.1, -0.05) is 0 Å². The molecule has 1 unspecified atom stereocenters. The largest absolute Gasteiger partial charge is 0.760 e. The Bertz CT molecular complexity index is 129. The predicted octanol–water partition coefficient (Wildman–Crippen LogP) is -1.15. The van der Waals surface area contributed by atoms with Gasteiger partial charge in [-0.05, 0) is 6.42 Å². The highest BCUT2D eigenvalue weighted by Gasteiger charge is 2.19. The standard InChI is InChI=1S/C4H9NO3S/c6-4-1-2-5(3-4)9(7)8/h4,6H,1-3H2,(H,7,8)/p-1/t4-/m0/s1. The summed E-state index contributed by atoms with van der Waals surface area (Å²) < 4.78 is 21.5. The summed E-state index contributed by atoms with van der Waals surface area (Å²) in [6.45, 7) is 0.716. The van der Waals surface area contributed by atoms with E-state index in [0.29, 0.717) is 13.0 Å². The van der Waals surface area contributed by atoms with Gasteiger partial charge in [-0.3, -0.25) is 4.21 Å². The van der Waals surface area contributed by atoms with Gasteiger partial charge < -0.3 is 9.66 Å². The number of aliphatic hydroxyl groups excluding tert-OH is 1. The lowest BCUT2D eigenvalue weighted by molar-refractivity contribution is 0.189. The van der Waals surface area contributed by atoms with Crippen molar-refractivity contribution in [2.45, 2.75) is 12.5 Å². The van der Waals surface area contributed by atoms with Crippen LogP contribution in [0.3, 0.4) is 0 Å². The monoisotopic (exact) mass is 150 g/mol. The molecule has 0 radical (unpaired) electrons. The highest BCUT2D eigenvalue weighted by Crippen LogP contribution is 2.08. The fourth-order valence-corrected chi connectivity index (χ4v) is 1.39. The SMILES string of the molecule is O=S([O-])N1CC[C@H](O)C1. The molecular weight excluding hydrogens is 142 g/mol. The van der Waals surface area contributed by atoms with E-state index in [1.807, 2.05) is 0 Å². The van der Waals surface area contributed by atoms with Crippen molar-refractivity contribution < 1.29 is 13.9 Å². The maximum absolute atomic E-state index is 10.2. The van der Waals surface area contributed by atoms with E-state index in [-0.39, 0.29) is 6.54 Å². The number of rotatable bonds is 1. The van der Waals surface area contributed by atoms with E-state index in [1.165, 1.54) is 4.31 Å². The molecule has 1 aliphatic rings. The normalized spacial score (nSPS) is 32.9. The van der Waals surface area contributed by atoms with Crippen LogP contribution in [0.5, 0.6) is 0 Å². The van der Waals surface area contributed by atoms with Crippen LogP contribution in [0, 0.1) is 0 Å². The van der Waals surface area contributed by atoms with Crippen LogP contribution < -0.4 is 0 Å². The molecule has 0 amide bonds. The van der Waals surface area contributed by atoms with Crippen molar-refractivity contribution in [2.24, 2.45) is 0 Å². The predicted molar refractivity (Wildman–Crippen MR) is 31.1 cm³/mol. The number of aliphatic hydroxyl groups is 1. The summed E-state index contributed by atoms with van der Waals surface area (Å²) in [6, 6.07) is 0. The average Bonchev–Trinajstić information content (AvgIpc) is 2.14. The molecular formula is C4H8NO3S-. The van der Waals surface area contributed by atoms with E-state index >= 15 is 0 Å². The lowest BCUT2D eigenvalue weighted by atomic mass is 10.3. The van der Waals surface area contributed by atoms with Crippen LogP contribution in [0.15, 0.2) is 0 Å². The Balaban J connectivity index is 2.39. The summed E-state index contributed by atoms with van der Waals surface area (Å²) in [5.41, 5.74) is 0. The molecule has 1 rings (SSSR count). The van der Waals surface area contributed by atoms with E-state index in [4.69, 9.17) is 5.11 Å². The van der Waals surface area contributed by atoms with Gasteiger partial charge in [0.2, 0.25) is 0 Å². The zero-order valence-corrected chi connectivity index (χ0v) is 5.63. The van der Waals surface area contributed by atoms with Gasteiger partial charge in [0.1, 0.15) is 0 Å². The smallest absolute Gasteiger partial charge is 0.0689 e. The molecule has 0 aromatic heterocycles. The van der Waals surface area contributed by atoms with Crippen molar-refractivity contribution in [2.75, 3.05) is 13.1 Å². The van der Waals surface area contributed by atoms with Gasteiger partial charge in [-0.25, -0.2) is 4.31 Å². The van der Waals surface area contributed by atoms with Crippen molar-refractivity contribution in [3.05, 3.63) is 0 Å². The summed E-state index contributed by atoms with van der Waals surface area (Å²) in [6.07, 6.45) is 0.108. The minimum absolute atomic E-state index is 0.260. The molecule has 1 N–H and O–H groups in total. The molecule has 0 bridgehead atoms. The molecule has 1 saturated heterocycles. The molecule has 1 fully saturated rings. The van der Waals surface area contributed by atoms with Crippen molar-refractivity contribution in [3.8, 4) is 0 Å². The first-order chi connectivity index (χ1) is 4.20. The molecule has 0 aliphatic carbocycles. The van der Waals surface area contributed by atoms with Crippen LogP contribution in [-0.2, 0) is 11.3 Å². The first-order valence-corrected chi connectivity index (χ1v) is 3.75. The Morgan fingerprint density at radius 1 is 1.78 bits per heavy atom. The summed E-state index contributed by atoms with van der Waals surface area (Å²) in [4.78, 5) is 0. The zero-order valence-electron chi connectivity index (χ0n) is 4.82. The first kappa shape index (κ1) is 7.14. The van der Waals surface area contributed by atoms with Crippen molar-refractivity contribution in [1.82, 2.24) is 4.31 Å². The van der Waals surface area contributed by atoms with Crippen molar-refractivity contribution in [1.29, 1.82) is 0 Å². The zero-order chi connectivity index (χ0) is 6.85. The molecule has 9 heavy (non-hydrogen) atoms. The van der Waals surface area contributed by atoms with Gasteiger partial charge in [-0.15, -0.1) is 0 Å². The van der Waals surface area contributed by atoms with Gasteiger partial charge in [0.15, 0.2) is 0 Å². The Morgan fingerprint density at radius 2 is 2.44 bits per heavy atom. The Kier molecular flexibility index (Phi) is 2.18. The minimum Gasteiger partial charge on any atom is -0.760 e. The van der Waals surface area contributed by atoms with Crippen molar-refractivity contribution >= 4 is 11.3 Å². The van der Waals surface area contributed by atoms with Crippen LogP contribution >= 0.6 is 0 Å². The minimum atomic E-state index is -2.14. The molecule has 54 valence electrons. The highest BCUT2D eigenvalue weighted by atomic mass is 32.2. The molecule has 0 saturated carbocycles. The number of hydrogen-bond donors (Lipinski definition) is 1. The second kappa shape index (κ2) is 2.74. The second-order valence-electron chi connectivity index (χ2n) is 2.05. The van der Waals surface area contributed by atoms with Crippen molar-refractivity contribution in [3.63, 3.8) is 0 Å². The summed E-state index contributed by atoms with van der Waals surface area (Å²) in [5.74, 6) is 0. The molecule has 0 aromatic carbocycles. The fourth-order valence-electron chi connectivity index (χ4n) is 0.846. The quantitative estimate of drug-likeness (QED) is 0.480. The van der Waals surface area contributed by atoms with E-state index in [9.17, 15) is 8.76 Å². The van der Waals surface area contributed by atoms with Crippen LogP contribution in [0.1, 0.15) is 6.42 Å².